The van der Waals surface area contributed by atoms with Crippen LogP contribution < -0.4 is 5.73 Å². The van der Waals surface area contributed by atoms with E-state index in [9.17, 15) is 9.65 Å². The minimum absolute atomic E-state index is 0.217. The molecule has 104 valence electrons. The average Bonchev–Trinajstić information content (AvgIpc) is 2.75. The highest BCUT2D eigenvalue weighted by atomic mass is 79.9. The Kier molecular flexibility index (Phi) is 3.15. The molecule has 0 aliphatic rings. The van der Waals surface area contributed by atoms with Crippen molar-refractivity contribution in [2.24, 2.45) is 0 Å². The first-order valence-electron chi connectivity index (χ1n) is 6.15. The van der Waals surface area contributed by atoms with Crippen molar-refractivity contribution >= 4 is 32.9 Å². The minimum Gasteiger partial charge on any atom is -0.369 e. The molecule has 0 atom stereocenters. The van der Waals surface area contributed by atoms with Gasteiger partial charge < -0.3 is 5.73 Å². The van der Waals surface area contributed by atoms with Gasteiger partial charge in [-0.25, -0.2) is 9.37 Å². The quantitative estimate of drug-likeness (QED) is 0.731. The van der Waals surface area contributed by atoms with Gasteiger partial charge in [0.15, 0.2) is 0 Å². The van der Waals surface area contributed by atoms with Crippen molar-refractivity contribution in [1.29, 1.82) is 5.26 Å². The molecule has 0 fully saturated rings. The predicted molar refractivity (Wildman–Crippen MR) is 82.6 cm³/mol. The number of aromatic nitrogens is 2. The first-order chi connectivity index (χ1) is 10.0. The summed E-state index contributed by atoms with van der Waals surface area (Å²) in [5.74, 6) is -0.114. The fraction of sp³-hybridized carbons (Fsp3) is 0.0667. The molecule has 0 aliphatic carbocycles. The number of nitrogens with two attached hydrogens (primary N) is 1. The summed E-state index contributed by atoms with van der Waals surface area (Å²) < 4.78 is 16.1. The molecule has 3 rings (SSSR count). The lowest BCUT2D eigenvalue weighted by molar-refractivity contribution is 0.620. The summed E-state index contributed by atoms with van der Waals surface area (Å²) in [4.78, 5) is 4.17. The average molecular weight is 345 g/mol. The van der Waals surface area contributed by atoms with E-state index in [4.69, 9.17) is 5.73 Å². The topological polar surface area (TPSA) is 67.6 Å². The van der Waals surface area contributed by atoms with E-state index in [1.807, 2.05) is 6.07 Å². The molecule has 0 bridgehead atoms. The molecule has 2 aromatic carbocycles. The lowest BCUT2D eigenvalue weighted by Crippen LogP contribution is -2.03. The molecular formula is C15H10BrFN4. The molecule has 0 radical (unpaired) electrons. The molecule has 0 saturated heterocycles. The van der Waals surface area contributed by atoms with Gasteiger partial charge in [0.05, 0.1) is 22.3 Å². The minimum atomic E-state index is -0.330. The molecule has 0 aliphatic heterocycles. The number of halogens is 2. The SMILES string of the molecule is Cc1cc2c(cc1F)nc(N)n2-c1ccc(Br)cc1C#N. The van der Waals surface area contributed by atoms with Gasteiger partial charge in [0.2, 0.25) is 5.95 Å². The maximum Gasteiger partial charge on any atom is 0.205 e. The van der Waals surface area contributed by atoms with Crippen molar-refractivity contribution < 1.29 is 4.39 Å². The Bertz CT molecular complexity index is 908. The van der Waals surface area contributed by atoms with Crippen molar-refractivity contribution in [2.45, 2.75) is 6.92 Å². The van der Waals surface area contributed by atoms with Gasteiger partial charge in [-0.15, -0.1) is 0 Å². The van der Waals surface area contributed by atoms with Crippen LogP contribution in [0.25, 0.3) is 16.7 Å². The number of nitriles is 1. The van der Waals surface area contributed by atoms with E-state index in [-0.39, 0.29) is 11.8 Å². The van der Waals surface area contributed by atoms with E-state index in [2.05, 4.69) is 27.0 Å². The van der Waals surface area contributed by atoms with Gasteiger partial charge in [0.25, 0.3) is 0 Å². The summed E-state index contributed by atoms with van der Waals surface area (Å²) in [7, 11) is 0. The lowest BCUT2D eigenvalue weighted by Gasteiger charge is -2.09. The maximum atomic E-state index is 13.6. The van der Waals surface area contributed by atoms with Gasteiger partial charge >= 0.3 is 0 Å². The van der Waals surface area contributed by atoms with E-state index < -0.39 is 0 Å². The largest absolute Gasteiger partial charge is 0.369 e. The summed E-state index contributed by atoms with van der Waals surface area (Å²) in [6, 6.07) is 10.5. The van der Waals surface area contributed by atoms with E-state index in [1.54, 1.807) is 29.7 Å². The summed E-state index contributed by atoms with van der Waals surface area (Å²) in [5, 5.41) is 9.30. The summed E-state index contributed by atoms with van der Waals surface area (Å²) in [6.07, 6.45) is 0. The Morgan fingerprint density at radius 3 is 2.81 bits per heavy atom. The molecule has 4 nitrogen and oxygen atoms in total. The van der Waals surface area contributed by atoms with Crippen LogP contribution in [0.15, 0.2) is 34.8 Å². The van der Waals surface area contributed by atoms with Gasteiger partial charge in [-0.1, -0.05) is 15.9 Å². The first kappa shape index (κ1) is 13.6. The van der Waals surface area contributed by atoms with Gasteiger partial charge in [0.1, 0.15) is 11.9 Å². The highest BCUT2D eigenvalue weighted by molar-refractivity contribution is 9.10. The zero-order valence-electron chi connectivity index (χ0n) is 11.1. The van der Waals surface area contributed by atoms with Gasteiger partial charge in [-0.2, -0.15) is 5.26 Å². The smallest absolute Gasteiger partial charge is 0.205 e. The van der Waals surface area contributed by atoms with Crippen LogP contribution in [0.1, 0.15) is 11.1 Å². The van der Waals surface area contributed by atoms with Crippen molar-refractivity contribution in [3.05, 3.63) is 51.7 Å². The van der Waals surface area contributed by atoms with Crippen molar-refractivity contribution in [2.75, 3.05) is 5.73 Å². The van der Waals surface area contributed by atoms with Crippen LogP contribution in [0.4, 0.5) is 10.3 Å². The number of fused-ring (bicyclic) bond motifs is 1. The molecule has 2 N–H and O–H groups in total. The number of hydrogen-bond acceptors (Lipinski definition) is 3. The third-order valence-corrected chi connectivity index (χ3v) is 3.77. The Morgan fingerprint density at radius 1 is 1.33 bits per heavy atom. The second-order valence-corrected chi connectivity index (χ2v) is 5.58. The molecule has 1 aromatic heterocycles. The Balaban J connectivity index is 2.38. The second kappa shape index (κ2) is 4.86. The first-order valence-corrected chi connectivity index (χ1v) is 6.94. The van der Waals surface area contributed by atoms with Gasteiger partial charge in [-0.3, -0.25) is 4.57 Å². The van der Waals surface area contributed by atoms with Crippen LogP contribution in [0.5, 0.6) is 0 Å². The lowest BCUT2D eigenvalue weighted by atomic mass is 10.1. The number of nitrogens with zero attached hydrogens (tertiary/aromatic N) is 3. The third-order valence-electron chi connectivity index (χ3n) is 3.28. The highest BCUT2D eigenvalue weighted by Crippen LogP contribution is 2.28. The Labute approximate surface area is 128 Å². The van der Waals surface area contributed by atoms with Crippen molar-refractivity contribution in [1.82, 2.24) is 9.55 Å². The monoisotopic (exact) mass is 344 g/mol. The number of anilines is 1. The standard InChI is InChI=1S/C15H10BrFN4/c1-8-4-14-12(6-11(8)17)20-15(19)21(14)13-3-2-10(16)5-9(13)7-18/h2-6H,1H3,(H2,19,20). The predicted octanol–water partition coefficient (Wildman–Crippen LogP) is 3.69. The van der Waals surface area contributed by atoms with Gasteiger partial charge in [0, 0.05) is 10.5 Å². The Morgan fingerprint density at radius 2 is 2.10 bits per heavy atom. The van der Waals surface area contributed by atoms with Crippen LogP contribution in [-0.4, -0.2) is 9.55 Å². The van der Waals surface area contributed by atoms with Crippen molar-refractivity contribution in [3.63, 3.8) is 0 Å². The zero-order chi connectivity index (χ0) is 15.1. The molecule has 6 heteroatoms. The number of benzene rings is 2. The van der Waals surface area contributed by atoms with Crippen LogP contribution in [0.2, 0.25) is 0 Å². The molecule has 3 aromatic rings. The van der Waals surface area contributed by atoms with Crippen LogP contribution >= 0.6 is 15.9 Å². The van der Waals surface area contributed by atoms with E-state index >= 15 is 0 Å². The normalized spacial score (nSPS) is 10.8. The third kappa shape index (κ3) is 2.16. The molecule has 0 unspecified atom stereocenters. The van der Waals surface area contributed by atoms with Crippen LogP contribution in [-0.2, 0) is 0 Å². The van der Waals surface area contributed by atoms with E-state index in [1.165, 1.54) is 6.07 Å². The number of nitrogen functional groups attached to an aromatic ring is 1. The fourth-order valence-electron chi connectivity index (χ4n) is 2.27. The van der Waals surface area contributed by atoms with E-state index in [0.29, 0.717) is 27.8 Å². The van der Waals surface area contributed by atoms with Crippen LogP contribution in [0, 0.1) is 24.1 Å². The fourth-order valence-corrected chi connectivity index (χ4v) is 2.63. The van der Waals surface area contributed by atoms with E-state index in [0.717, 1.165) is 4.47 Å². The maximum absolute atomic E-state index is 13.6. The Hall–Kier alpha value is -2.39. The number of hydrogen-bond donors (Lipinski definition) is 1. The molecule has 21 heavy (non-hydrogen) atoms. The summed E-state index contributed by atoms with van der Waals surface area (Å²) in [5.41, 5.74) is 8.66. The summed E-state index contributed by atoms with van der Waals surface area (Å²) >= 11 is 3.33. The van der Waals surface area contributed by atoms with Crippen LogP contribution in [0.3, 0.4) is 0 Å². The summed E-state index contributed by atoms with van der Waals surface area (Å²) in [6.45, 7) is 1.68. The zero-order valence-corrected chi connectivity index (χ0v) is 12.6. The van der Waals surface area contributed by atoms with Crippen molar-refractivity contribution in [3.8, 4) is 11.8 Å². The number of aryl methyl sites for hydroxylation is 1. The molecule has 0 amide bonds. The number of rotatable bonds is 1. The highest BCUT2D eigenvalue weighted by Gasteiger charge is 2.15. The molecule has 0 spiro atoms. The number of imidazole rings is 1. The second-order valence-electron chi connectivity index (χ2n) is 4.67. The molecular weight excluding hydrogens is 335 g/mol. The molecule has 0 saturated carbocycles. The molecule has 1 heterocycles. The van der Waals surface area contributed by atoms with Gasteiger partial charge in [-0.05, 0) is 36.8 Å².